The van der Waals surface area contributed by atoms with Gasteiger partial charge in [0.25, 0.3) is 0 Å². The van der Waals surface area contributed by atoms with E-state index in [2.05, 4.69) is 63.5 Å². The summed E-state index contributed by atoms with van der Waals surface area (Å²) in [5.41, 5.74) is 0.408. The van der Waals surface area contributed by atoms with Gasteiger partial charge in [-0.2, -0.15) is 11.8 Å². The minimum Gasteiger partial charge on any atom is -0.316 e. The summed E-state index contributed by atoms with van der Waals surface area (Å²) in [7, 11) is 0. The fraction of sp³-hybridized carbons (Fsp3) is 1.00. The number of hydrogen-bond acceptors (Lipinski definition) is 3. The van der Waals surface area contributed by atoms with Crippen LogP contribution >= 0.6 is 11.8 Å². The summed E-state index contributed by atoms with van der Waals surface area (Å²) in [4.78, 5) is 2.71. The van der Waals surface area contributed by atoms with E-state index < -0.39 is 0 Å². The number of nitrogens with one attached hydrogen (secondary N) is 1. The fourth-order valence-corrected chi connectivity index (χ4v) is 3.83. The first-order valence-corrected chi connectivity index (χ1v) is 8.99. The Labute approximate surface area is 125 Å². The molecule has 3 unspecified atom stereocenters. The summed E-state index contributed by atoms with van der Waals surface area (Å²) in [6.07, 6.45) is 1.25. The molecule has 3 atom stereocenters. The van der Waals surface area contributed by atoms with Crippen molar-refractivity contribution in [2.24, 2.45) is 11.3 Å². The van der Waals surface area contributed by atoms with Crippen LogP contribution in [0.5, 0.6) is 0 Å². The van der Waals surface area contributed by atoms with Crippen molar-refractivity contribution in [1.82, 2.24) is 10.2 Å². The molecule has 0 spiro atoms. The predicted octanol–water partition coefficient (Wildman–Crippen LogP) is 3.47. The SMILES string of the molecule is CCC(C)(CNCC(C)C)CN1CCSC(C)C1C. The van der Waals surface area contributed by atoms with Crippen molar-refractivity contribution in [3.63, 3.8) is 0 Å². The molecule has 0 bridgehead atoms. The van der Waals surface area contributed by atoms with Gasteiger partial charge in [0.1, 0.15) is 0 Å². The molecule has 1 aliphatic heterocycles. The third-order valence-corrected chi connectivity index (χ3v) is 5.90. The Balaban J connectivity index is 2.49. The summed E-state index contributed by atoms with van der Waals surface area (Å²) in [6, 6.07) is 0.717. The minimum atomic E-state index is 0.408. The normalized spacial score (nSPS) is 28.6. The molecule has 1 fully saturated rings. The van der Waals surface area contributed by atoms with Gasteiger partial charge in [0.15, 0.2) is 0 Å². The molecule has 3 heteroatoms. The molecular formula is C16H34N2S. The molecule has 1 saturated heterocycles. The molecule has 2 nitrogen and oxygen atoms in total. The van der Waals surface area contributed by atoms with Gasteiger partial charge in [-0.25, -0.2) is 0 Å². The van der Waals surface area contributed by atoms with Gasteiger partial charge in [-0.3, -0.25) is 4.90 Å². The van der Waals surface area contributed by atoms with Gasteiger partial charge in [0, 0.05) is 36.7 Å². The zero-order valence-corrected chi connectivity index (χ0v) is 14.6. The molecule has 0 aromatic heterocycles. The minimum absolute atomic E-state index is 0.408. The van der Waals surface area contributed by atoms with Gasteiger partial charge >= 0.3 is 0 Å². The lowest BCUT2D eigenvalue weighted by molar-refractivity contribution is 0.122. The highest BCUT2D eigenvalue weighted by Crippen LogP contribution is 2.29. The zero-order valence-electron chi connectivity index (χ0n) is 13.8. The van der Waals surface area contributed by atoms with Gasteiger partial charge in [-0.1, -0.05) is 34.6 Å². The smallest absolute Gasteiger partial charge is 0.0184 e. The first-order chi connectivity index (χ1) is 8.88. The van der Waals surface area contributed by atoms with Gasteiger partial charge in [-0.05, 0) is 31.2 Å². The van der Waals surface area contributed by atoms with Crippen LogP contribution in [0.1, 0.15) is 48.0 Å². The summed E-state index contributed by atoms with van der Waals surface area (Å²) in [5.74, 6) is 2.04. The Hall–Kier alpha value is 0.270. The quantitative estimate of drug-likeness (QED) is 0.771. The van der Waals surface area contributed by atoms with E-state index in [1.54, 1.807) is 0 Å². The topological polar surface area (TPSA) is 15.3 Å². The number of hydrogen-bond donors (Lipinski definition) is 1. The lowest BCUT2D eigenvalue weighted by atomic mass is 9.86. The first kappa shape index (κ1) is 17.3. The van der Waals surface area contributed by atoms with Crippen LogP contribution in [0.3, 0.4) is 0 Å². The van der Waals surface area contributed by atoms with Crippen LogP contribution < -0.4 is 5.32 Å². The Kier molecular flexibility index (Phi) is 7.20. The highest BCUT2D eigenvalue weighted by Gasteiger charge is 2.31. The maximum atomic E-state index is 3.66. The van der Waals surface area contributed by atoms with Gasteiger partial charge in [0.2, 0.25) is 0 Å². The maximum Gasteiger partial charge on any atom is 0.0184 e. The highest BCUT2D eigenvalue weighted by molar-refractivity contribution is 8.00. The van der Waals surface area contributed by atoms with Gasteiger partial charge in [-0.15, -0.1) is 0 Å². The maximum absolute atomic E-state index is 3.66. The summed E-state index contributed by atoms with van der Waals surface area (Å²) < 4.78 is 0. The number of rotatable bonds is 7. The molecule has 1 N–H and O–H groups in total. The highest BCUT2D eigenvalue weighted by atomic mass is 32.2. The van der Waals surface area contributed by atoms with Crippen LogP contribution in [0.2, 0.25) is 0 Å². The molecule has 0 aromatic carbocycles. The lowest BCUT2D eigenvalue weighted by Gasteiger charge is -2.43. The summed E-state index contributed by atoms with van der Waals surface area (Å²) >= 11 is 2.13. The van der Waals surface area contributed by atoms with E-state index in [0.717, 1.165) is 30.3 Å². The van der Waals surface area contributed by atoms with Crippen LogP contribution in [0.4, 0.5) is 0 Å². The molecule has 0 radical (unpaired) electrons. The van der Waals surface area contributed by atoms with Gasteiger partial charge < -0.3 is 5.32 Å². The molecule has 114 valence electrons. The zero-order chi connectivity index (χ0) is 14.5. The van der Waals surface area contributed by atoms with Crippen molar-refractivity contribution in [2.45, 2.75) is 59.3 Å². The first-order valence-electron chi connectivity index (χ1n) is 7.94. The molecule has 0 saturated carbocycles. The Morgan fingerprint density at radius 1 is 1.37 bits per heavy atom. The Bertz CT molecular complexity index is 257. The predicted molar refractivity (Wildman–Crippen MR) is 89.1 cm³/mol. The second-order valence-electron chi connectivity index (χ2n) is 6.98. The van der Waals surface area contributed by atoms with E-state index in [-0.39, 0.29) is 0 Å². The van der Waals surface area contributed by atoms with E-state index >= 15 is 0 Å². The second-order valence-corrected chi connectivity index (χ2v) is 8.46. The Morgan fingerprint density at radius 3 is 2.63 bits per heavy atom. The van der Waals surface area contributed by atoms with E-state index in [4.69, 9.17) is 0 Å². The van der Waals surface area contributed by atoms with Crippen molar-refractivity contribution in [2.75, 3.05) is 31.9 Å². The van der Waals surface area contributed by atoms with Crippen LogP contribution in [-0.4, -0.2) is 48.1 Å². The molecule has 19 heavy (non-hydrogen) atoms. The molecule has 1 rings (SSSR count). The van der Waals surface area contributed by atoms with E-state index in [0.29, 0.717) is 5.41 Å². The standard InChI is InChI=1S/C16H34N2S/c1-7-16(6,11-17-10-13(2)3)12-18-8-9-19-15(5)14(18)4/h13-15,17H,7-12H2,1-6H3. The van der Waals surface area contributed by atoms with E-state index in [9.17, 15) is 0 Å². The Morgan fingerprint density at radius 2 is 2.05 bits per heavy atom. The molecular weight excluding hydrogens is 252 g/mol. The average Bonchev–Trinajstić information content (AvgIpc) is 2.34. The van der Waals surface area contributed by atoms with Crippen molar-refractivity contribution in [3.05, 3.63) is 0 Å². The number of nitrogens with zero attached hydrogens (tertiary/aromatic N) is 1. The number of thioether (sulfide) groups is 1. The van der Waals surface area contributed by atoms with Crippen LogP contribution in [0, 0.1) is 11.3 Å². The van der Waals surface area contributed by atoms with Crippen molar-refractivity contribution < 1.29 is 0 Å². The van der Waals surface area contributed by atoms with Crippen molar-refractivity contribution in [1.29, 1.82) is 0 Å². The third kappa shape index (κ3) is 5.65. The molecule has 1 aliphatic rings. The van der Waals surface area contributed by atoms with Crippen LogP contribution in [0.15, 0.2) is 0 Å². The third-order valence-electron chi connectivity index (χ3n) is 4.56. The molecule has 1 heterocycles. The monoisotopic (exact) mass is 286 g/mol. The summed E-state index contributed by atoms with van der Waals surface area (Å²) in [5, 5.41) is 4.44. The largest absolute Gasteiger partial charge is 0.316 e. The lowest BCUT2D eigenvalue weighted by Crippen LogP contribution is -2.51. The summed E-state index contributed by atoms with van der Waals surface area (Å²) in [6.45, 7) is 18.9. The fourth-order valence-electron chi connectivity index (χ4n) is 2.66. The van der Waals surface area contributed by atoms with Crippen molar-refractivity contribution >= 4 is 11.8 Å². The molecule has 0 aromatic rings. The van der Waals surface area contributed by atoms with E-state index in [1.807, 2.05) is 0 Å². The van der Waals surface area contributed by atoms with Gasteiger partial charge in [0.05, 0.1) is 0 Å². The molecule has 0 aliphatic carbocycles. The van der Waals surface area contributed by atoms with E-state index in [1.165, 1.54) is 25.3 Å². The van der Waals surface area contributed by atoms with Crippen LogP contribution in [-0.2, 0) is 0 Å². The second kappa shape index (κ2) is 7.90. The average molecular weight is 287 g/mol. The molecule has 0 amide bonds. The van der Waals surface area contributed by atoms with Crippen molar-refractivity contribution in [3.8, 4) is 0 Å². The van der Waals surface area contributed by atoms with Crippen LogP contribution in [0.25, 0.3) is 0 Å².